The van der Waals surface area contributed by atoms with Gasteiger partial charge >= 0.3 is 0 Å². The zero-order valence-corrected chi connectivity index (χ0v) is 14.4. The number of nitrogens with one attached hydrogen (secondary N) is 1. The summed E-state index contributed by atoms with van der Waals surface area (Å²) < 4.78 is 0.987. The van der Waals surface area contributed by atoms with Crippen LogP contribution in [-0.2, 0) is 4.79 Å². The SMILES string of the molecule is O=CN1CCN(C(=O)c2cc(Nc3ccc(Br)cc3)ncn2)CC1. The fourth-order valence-electron chi connectivity index (χ4n) is 2.42. The third-order valence-electron chi connectivity index (χ3n) is 3.75. The first-order valence-corrected chi connectivity index (χ1v) is 8.28. The van der Waals surface area contributed by atoms with Gasteiger partial charge in [-0.15, -0.1) is 0 Å². The number of carbonyl (C=O) groups excluding carboxylic acids is 2. The van der Waals surface area contributed by atoms with Crippen LogP contribution in [0.2, 0.25) is 0 Å². The van der Waals surface area contributed by atoms with Crippen LogP contribution in [0.4, 0.5) is 11.5 Å². The predicted octanol–water partition coefficient (Wildman–Crippen LogP) is 1.90. The average Bonchev–Trinajstić information content (AvgIpc) is 2.63. The summed E-state index contributed by atoms with van der Waals surface area (Å²) in [5, 5.41) is 3.15. The Labute approximate surface area is 147 Å². The van der Waals surface area contributed by atoms with Gasteiger partial charge in [-0.05, 0) is 24.3 Å². The van der Waals surface area contributed by atoms with Gasteiger partial charge in [0.1, 0.15) is 17.8 Å². The summed E-state index contributed by atoms with van der Waals surface area (Å²) >= 11 is 3.39. The van der Waals surface area contributed by atoms with Crippen molar-refractivity contribution in [2.75, 3.05) is 31.5 Å². The number of benzene rings is 1. The molecule has 7 nitrogen and oxygen atoms in total. The van der Waals surface area contributed by atoms with Crippen molar-refractivity contribution >= 4 is 39.8 Å². The molecule has 1 aliphatic rings. The van der Waals surface area contributed by atoms with Crippen molar-refractivity contribution in [2.45, 2.75) is 0 Å². The Morgan fingerprint density at radius 1 is 1.12 bits per heavy atom. The van der Waals surface area contributed by atoms with Crippen LogP contribution in [0.1, 0.15) is 10.5 Å². The summed E-state index contributed by atoms with van der Waals surface area (Å²) in [6, 6.07) is 9.29. The minimum atomic E-state index is -0.151. The lowest BCUT2D eigenvalue weighted by Crippen LogP contribution is -2.48. The maximum absolute atomic E-state index is 12.5. The summed E-state index contributed by atoms with van der Waals surface area (Å²) in [6.07, 6.45) is 2.18. The molecule has 0 unspecified atom stereocenters. The van der Waals surface area contributed by atoms with Gasteiger partial charge in [-0.25, -0.2) is 9.97 Å². The second kappa shape index (κ2) is 7.39. The average molecular weight is 390 g/mol. The van der Waals surface area contributed by atoms with Crippen LogP contribution in [0.3, 0.4) is 0 Å². The maximum atomic E-state index is 12.5. The molecule has 1 aromatic heterocycles. The number of halogens is 1. The van der Waals surface area contributed by atoms with E-state index in [1.807, 2.05) is 24.3 Å². The Bertz CT molecular complexity index is 730. The summed E-state index contributed by atoms with van der Waals surface area (Å²) in [6.45, 7) is 2.11. The number of hydrogen-bond donors (Lipinski definition) is 1. The van der Waals surface area contributed by atoms with Crippen LogP contribution in [0.5, 0.6) is 0 Å². The molecule has 1 aliphatic heterocycles. The smallest absolute Gasteiger partial charge is 0.272 e. The number of aromatic nitrogens is 2. The lowest BCUT2D eigenvalue weighted by Gasteiger charge is -2.32. The van der Waals surface area contributed by atoms with Crippen molar-refractivity contribution in [2.24, 2.45) is 0 Å². The van der Waals surface area contributed by atoms with Gasteiger partial charge in [-0.2, -0.15) is 0 Å². The van der Waals surface area contributed by atoms with E-state index < -0.39 is 0 Å². The highest BCUT2D eigenvalue weighted by atomic mass is 79.9. The Balaban J connectivity index is 1.69. The molecule has 3 rings (SSSR count). The topological polar surface area (TPSA) is 78.4 Å². The summed E-state index contributed by atoms with van der Waals surface area (Å²) in [4.78, 5) is 34.9. The van der Waals surface area contributed by atoms with Crippen LogP contribution in [0.15, 0.2) is 41.1 Å². The quantitative estimate of drug-likeness (QED) is 0.807. The Morgan fingerprint density at radius 2 is 1.83 bits per heavy atom. The van der Waals surface area contributed by atoms with Gasteiger partial charge < -0.3 is 15.1 Å². The van der Waals surface area contributed by atoms with E-state index in [-0.39, 0.29) is 5.91 Å². The fourth-order valence-corrected chi connectivity index (χ4v) is 2.68. The molecule has 8 heteroatoms. The molecule has 0 aliphatic carbocycles. The zero-order chi connectivity index (χ0) is 16.9. The minimum Gasteiger partial charge on any atom is -0.342 e. The van der Waals surface area contributed by atoms with Gasteiger partial charge in [0, 0.05) is 42.4 Å². The van der Waals surface area contributed by atoms with Crippen molar-refractivity contribution in [1.82, 2.24) is 19.8 Å². The van der Waals surface area contributed by atoms with Gasteiger partial charge in [-0.1, -0.05) is 15.9 Å². The lowest BCUT2D eigenvalue weighted by atomic mass is 10.2. The zero-order valence-electron chi connectivity index (χ0n) is 12.9. The van der Waals surface area contributed by atoms with E-state index in [1.165, 1.54) is 6.33 Å². The maximum Gasteiger partial charge on any atom is 0.272 e. The van der Waals surface area contributed by atoms with Crippen molar-refractivity contribution in [3.63, 3.8) is 0 Å². The number of piperazine rings is 1. The molecule has 2 amide bonds. The Kier molecular flexibility index (Phi) is 5.05. The summed E-state index contributed by atoms with van der Waals surface area (Å²) in [7, 11) is 0. The molecule has 0 saturated carbocycles. The third-order valence-corrected chi connectivity index (χ3v) is 4.28. The molecule has 0 bridgehead atoms. The van der Waals surface area contributed by atoms with Gasteiger partial charge in [0.2, 0.25) is 6.41 Å². The summed E-state index contributed by atoms with van der Waals surface area (Å²) in [5.74, 6) is 0.406. The van der Waals surface area contributed by atoms with Gasteiger partial charge in [0.15, 0.2) is 0 Å². The van der Waals surface area contributed by atoms with E-state index in [1.54, 1.807) is 15.9 Å². The molecule has 2 aromatic rings. The lowest BCUT2D eigenvalue weighted by molar-refractivity contribution is -0.119. The molecular weight excluding hydrogens is 374 g/mol. The first-order valence-electron chi connectivity index (χ1n) is 7.49. The minimum absolute atomic E-state index is 0.151. The Morgan fingerprint density at radius 3 is 2.50 bits per heavy atom. The predicted molar refractivity (Wildman–Crippen MR) is 93.0 cm³/mol. The van der Waals surface area contributed by atoms with Crippen LogP contribution < -0.4 is 5.32 Å². The Hall–Kier alpha value is -2.48. The third kappa shape index (κ3) is 3.88. The van der Waals surface area contributed by atoms with Crippen LogP contribution >= 0.6 is 15.9 Å². The first-order chi connectivity index (χ1) is 11.7. The van der Waals surface area contributed by atoms with Crippen LogP contribution in [0.25, 0.3) is 0 Å². The number of hydrogen-bond acceptors (Lipinski definition) is 5. The van der Waals surface area contributed by atoms with Gasteiger partial charge in [0.05, 0.1) is 0 Å². The molecule has 0 spiro atoms. The molecule has 1 N–H and O–H groups in total. The molecule has 2 heterocycles. The van der Waals surface area contributed by atoms with E-state index >= 15 is 0 Å². The number of anilines is 2. The highest BCUT2D eigenvalue weighted by Crippen LogP contribution is 2.18. The molecule has 1 saturated heterocycles. The normalized spacial score (nSPS) is 14.4. The van der Waals surface area contributed by atoms with Crippen LogP contribution in [0, 0.1) is 0 Å². The van der Waals surface area contributed by atoms with Crippen LogP contribution in [-0.4, -0.2) is 58.3 Å². The second-order valence-corrected chi connectivity index (χ2v) is 6.27. The highest BCUT2D eigenvalue weighted by molar-refractivity contribution is 9.10. The van der Waals surface area contributed by atoms with E-state index in [9.17, 15) is 9.59 Å². The van der Waals surface area contributed by atoms with Crippen molar-refractivity contribution in [1.29, 1.82) is 0 Å². The van der Waals surface area contributed by atoms with Crippen molar-refractivity contribution in [3.05, 3.63) is 46.8 Å². The molecule has 0 atom stereocenters. The largest absolute Gasteiger partial charge is 0.342 e. The first kappa shape index (κ1) is 16.4. The van der Waals surface area contributed by atoms with E-state index in [4.69, 9.17) is 0 Å². The molecule has 124 valence electrons. The molecule has 24 heavy (non-hydrogen) atoms. The summed E-state index contributed by atoms with van der Waals surface area (Å²) in [5.41, 5.74) is 1.21. The van der Waals surface area contributed by atoms with Crippen molar-refractivity contribution in [3.8, 4) is 0 Å². The standard InChI is InChI=1S/C16H16BrN5O2/c17-12-1-3-13(4-2-12)20-15-9-14(18-10-19-15)16(24)22-7-5-21(11-23)6-8-22/h1-4,9-11H,5-8H2,(H,18,19,20). The van der Waals surface area contributed by atoms with E-state index in [0.717, 1.165) is 16.6 Å². The molecule has 0 radical (unpaired) electrons. The number of rotatable bonds is 4. The van der Waals surface area contributed by atoms with Gasteiger partial charge in [-0.3, -0.25) is 9.59 Å². The molecular formula is C16H16BrN5O2. The highest BCUT2D eigenvalue weighted by Gasteiger charge is 2.22. The van der Waals surface area contributed by atoms with Crippen molar-refractivity contribution < 1.29 is 9.59 Å². The van der Waals surface area contributed by atoms with E-state index in [0.29, 0.717) is 37.7 Å². The van der Waals surface area contributed by atoms with E-state index in [2.05, 4.69) is 31.2 Å². The molecule has 1 aromatic carbocycles. The fraction of sp³-hybridized carbons (Fsp3) is 0.250. The number of carbonyl (C=O) groups is 2. The van der Waals surface area contributed by atoms with Gasteiger partial charge in [0.25, 0.3) is 5.91 Å². The molecule has 1 fully saturated rings. The monoisotopic (exact) mass is 389 g/mol. The second-order valence-electron chi connectivity index (χ2n) is 5.35. The number of amides is 2. The number of nitrogens with zero attached hydrogens (tertiary/aromatic N) is 4.